The van der Waals surface area contributed by atoms with Crippen LogP contribution in [0, 0.1) is 0 Å². The molecule has 3 nitrogen and oxygen atoms in total. The second-order valence-electron chi connectivity index (χ2n) is 2.85. The molecule has 0 aromatic carbocycles. The zero-order chi connectivity index (χ0) is 8.53. The molecule has 68 valence electrons. The third-order valence-corrected chi connectivity index (χ3v) is 1.81. The summed E-state index contributed by atoms with van der Waals surface area (Å²) in [6.45, 7) is 1.12. The maximum atomic E-state index is 5.66. The molecule has 4 N–H and O–H groups in total. The first kappa shape index (κ1) is 10.9. The molecule has 0 heterocycles. The zero-order valence-corrected chi connectivity index (χ0v) is 7.69. The maximum Gasteiger partial charge on any atom is 0.0543 e. The molecule has 11 heavy (non-hydrogen) atoms. The minimum absolute atomic E-state index is 0.185. The van der Waals surface area contributed by atoms with Crippen LogP contribution in [0.15, 0.2) is 0 Å². The minimum Gasteiger partial charge on any atom is -0.320 e. The molecular formula is C8H21N3. The summed E-state index contributed by atoms with van der Waals surface area (Å²) in [7, 11) is 3.89. The summed E-state index contributed by atoms with van der Waals surface area (Å²) in [5, 5.41) is 6.14. The van der Waals surface area contributed by atoms with E-state index in [2.05, 4.69) is 10.6 Å². The monoisotopic (exact) mass is 159 g/mol. The van der Waals surface area contributed by atoms with Gasteiger partial charge in [0, 0.05) is 0 Å². The maximum absolute atomic E-state index is 5.66. The molecule has 0 saturated heterocycles. The molecule has 0 saturated carbocycles. The Morgan fingerprint density at radius 2 is 1.91 bits per heavy atom. The topological polar surface area (TPSA) is 50.1 Å². The first-order valence-electron chi connectivity index (χ1n) is 4.38. The Bertz CT molecular complexity index is 75.7. The van der Waals surface area contributed by atoms with Gasteiger partial charge in [-0.3, -0.25) is 0 Å². The van der Waals surface area contributed by atoms with E-state index >= 15 is 0 Å². The average Bonchev–Trinajstić information content (AvgIpc) is 2.04. The summed E-state index contributed by atoms with van der Waals surface area (Å²) in [6.07, 6.45) is 5.03. The highest BCUT2D eigenvalue weighted by Gasteiger charge is 1.96. The summed E-state index contributed by atoms with van der Waals surface area (Å²) in [4.78, 5) is 0. The van der Waals surface area contributed by atoms with Crippen molar-refractivity contribution in [2.75, 3.05) is 20.6 Å². The van der Waals surface area contributed by atoms with Crippen molar-refractivity contribution < 1.29 is 0 Å². The number of unbranched alkanes of at least 4 members (excludes halogenated alkanes) is 2. The van der Waals surface area contributed by atoms with Crippen LogP contribution in [-0.4, -0.2) is 26.8 Å². The number of nitrogens with one attached hydrogen (secondary N) is 2. The third kappa shape index (κ3) is 7.78. The highest BCUT2D eigenvalue weighted by molar-refractivity contribution is 4.55. The van der Waals surface area contributed by atoms with Crippen LogP contribution >= 0.6 is 0 Å². The first-order chi connectivity index (χ1) is 5.31. The van der Waals surface area contributed by atoms with Gasteiger partial charge in [0.2, 0.25) is 0 Å². The van der Waals surface area contributed by atoms with E-state index < -0.39 is 0 Å². The van der Waals surface area contributed by atoms with Crippen molar-refractivity contribution in [1.29, 1.82) is 0 Å². The van der Waals surface area contributed by atoms with Crippen molar-refractivity contribution >= 4 is 0 Å². The second-order valence-corrected chi connectivity index (χ2v) is 2.85. The quantitative estimate of drug-likeness (QED) is 0.369. The van der Waals surface area contributed by atoms with E-state index in [4.69, 9.17) is 5.73 Å². The molecule has 0 spiro atoms. The molecule has 1 atom stereocenters. The highest BCUT2D eigenvalue weighted by Crippen LogP contribution is 1.99. The van der Waals surface area contributed by atoms with Gasteiger partial charge < -0.3 is 16.4 Å². The Morgan fingerprint density at radius 1 is 1.18 bits per heavy atom. The summed E-state index contributed by atoms with van der Waals surface area (Å²) in [5.41, 5.74) is 5.66. The Labute approximate surface area is 69.7 Å². The molecule has 0 radical (unpaired) electrons. The molecular weight excluding hydrogens is 138 g/mol. The fourth-order valence-corrected chi connectivity index (χ4v) is 0.987. The van der Waals surface area contributed by atoms with Gasteiger partial charge in [0.15, 0.2) is 0 Å². The number of hydrogen-bond donors (Lipinski definition) is 3. The highest BCUT2D eigenvalue weighted by atomic mass is 15.0. The molecule has 0 amide bonds. The van der Waals surface area contributed by atoms with Crippen LogP contribution in [0.25, 0.3) is 0 Å². The van der Waals surface area contributed by atoms with E-state index in [-0.39, 0.29) is 6.17 Å². The molecule has 0 aliphatic heterocycles. The SMILES string of the molecule is CNCCCCCC(N)NC. The molecule has 3 heteroatoms. The van der Waals surface area contributed by atoms with E-state index in [0.717, 1.165) is 13.0 Å². The normalized spacial score (nSPS) is 13.4. The van der Waals surface area contributed by atoms with Gasteiger partial charge in [0.05, 0.1) is 6.17 Å². The van der Waals surface area contributed by atoms with Gasteiger partial charge in [-0.25, -0.2) is 0 Å². The summed E-state index contributed by atoms with van der Waals surface area (Å²) in [5.74, 6) is 0. The van der Waals surface area contributed by atoms with Gasteiger partial charge in [-0.2, -0.15) is 0 Å². The lowest BCUT2D eigenvalue weighted by atomic mass is 10.1. The van der Waals surface area contributed by atoms with Crippen molar-refractivity contribution in [3.05, 3.63) is 0 Å². The van der Waals surface area contributed by atoms with Gasteiger partial charge in [-0.05, 0) is 33.5 Å². The lowest BCUT2D eigenvalue weighted by Gasteiger charge is -2.08. The Hall–Kier alpha value is -0.120. The van der Waals surface area contributed by atoms with Crippen molar-refractivity contribution in [3.63, 3.8) is 0 Å². The van der Waals surface area contributed by atoms with E-state index in [0.29, 0.717) is 0 Å². The number of nitrogens with two attached hydrogens (primary N) is 1. The molecule has 1 unspecified atom stereocenters. The van der Waals surface area contributed by atoms with Crippen LogP contribution in [0.1, 0.15) is 25.7 Å². The average molecular weight is 159 g/mol. The standard InChI is InChI=1S/C8H21N3/c1-10-7-5-3-4-6-8(9)11-2/h8,10-11H,3-7,9H2,1-2H3. The molecule has 0 rings (SSSR count). The summed E-state index contributed by atoms with van der Waals surface area (Å²) >= 11 is 0. The first-order valence-corrected chi connectivity index (χ1v) is 4.38. The van der Waals surface area contributed by atoms with E-state index in [1.807, 2.05) is 14.1 Å². The fraction of sp³-hybridized carbons (Fsp3) is 1.00. The third-order valence-electron chi connectivity index (χ3n) is 1.81. The molecule has 0 aliphatic carbocycles. The number of rotatable bonds is 7. The van der Waals surface area contributed by atoms with Crippen molar-refractivity contribution in [2.24, 2.45) is 5.73 Å². The smallest absolute Gasteiger partial charge is 0.0543 e. The van der Waals surface area contributed by atoms with Crippen molar-refractivity contribution in [3.8, 4) is 0 Å². The van der Waals surface area contributed by atoms with Gasteiger partial charge in [0.1, 0.15) is 0 Å². The second kappa shape index (κ2) is 7.98. The van der Waals surface area contributed by atoms with Crippen LogP contribution in [0.4, 0.5) is 0 Å². The largest absolute Gasteiger partial charge is 0.320 e. The molecule has 0 aromatic heterocycles. The Balaban J connectivity index is 2.89. The molecule has 0 aromatic rings. The molecule has 0 bridgehead atoms. The van der Waals surface area contributed by atoms with E-state index in [9.17, 15) is 0 Å². The van der Waals surface area contributed by atoms with Gasteiger partial charge in [-0.1, -0.05) is 12.8 Å². The van der Waals surface area contributed by atoms with E-state index in [1.165, 1.54) is 19.3 Å². The molecule has 0 fully saturated rings. The lowest BCUT2D eigenvalue weighted by molar-refractivity contribution is 0.499. The minimum atomic E-state index is 0.185. The Morgan fingerprint density at radius 3 is 2.45 bits per heavy atom. The van der Waals surface area contributed by atoms with Gasteiger partial charge in [-0.15, -0.1) is 0 Å². The molecule has 0 aliphatic rings. The Kier molecular flexibility index (Phi) is 7.89. The fourth-order valence-electron chi connectivity index (χ4n) is 0.987. The van der Waals surface area contributed by atoms with E-state index in [1.54, 1.807) is 0 Å². The van der Waals surface area contributed by atoms with Crippen LogP contribution in [0.3, 0.4) is 0 Å². The van der Waals surface area contributed by atoms with Gasteiger partial charge >= 0.3 is 0 Å². The summed E-state index contributed by atoms with van der Waals surface area (Å²) < 4.78 is 0. The van der Waals surface area contributed by atoms with Crippen LogP contribution in [0.5, 0.6) is 0 Å². The van der Waals surface area contributed by atoms with Crippen LogP contribution < -0.4 is 16.4 Å². The van der Waals surface area contributed by atoms with Gasteiger partial charge in [0.25, 0.3) is 0 Å². The van der Waals surface area contributed by atoms with Crippen molar-refractivity contribution in [2.45, 2.75) is 31.8 Å². The summed E-state index contributed by atoms with van der Waals surface area (Å²) in [6, 6.07) is 0. The predicted octanol–water partition coefficient (Wildman–Crippen LogP) is 0.270. The van der Waals surface area contributed by atoms with Crippen LogP contribution in [0.2, 0.25) is 0 Å². The van der Waals surface area contributed by atoms with Crippen LogP contribution in [-0.2, 0) is 0 Å². The lowest BCUT2D eigenvalue weighted by Crippen LogP contribution is -2.34. The van der Waals surface area contributed by atoms with Crippen molar-refractivity contribution in [1.82, 2.24) is 10.6 Å². The zero-order valence-electron chi connectivity index (χ0n) is 7.69. The number of hydrogen-bond acceptors (Lipinski definition) is 3. The predicted molar refractivity (Wildman–Crippen MR) is 49.4 cm³/mol.